The molecule has 140 valence electrons. The van der Waals surface area contributed by atoms with Crippen molar-refractivity contribution in [2.75, 3.05) is 14.2 Å². The summed E-state index contributed by atoms with van der Waals surface area (Å²) in [6.45, 7) is 1.65. The van der Waals surface area contributed by atoms with Gasteiger partial charge in [-0.05, 0) is 24.6 Å². The van der Waals surface area contributed by atoms with Crippen molar-refractivity contribution < 1.29 is 19.4 Å². The number of methoxy groups -OCH3 is 2. The van der Waals surface area contributed by atoms with Gasteiger partial charge in [-0.25, -0.2) is 0 Å². The molecule has 0 spiro atoms. The van der Waals surface area contributed by atoms with Gasteiger partial charge in [0.25, 0.3) is 0 Å². The van der Waals surface area contributed by atoms with Gasteiger partial charge in [-0.2, -0.15) is 0 Å². The van der Waals surface area contributed by atoms with Gasteiger partial charge < -0.3 is 19.1 Å². The van der Waals surface area contributed by atoms with Crippen molar-refractivity contribution in [1.82, 2.24) is 4.57 Å². The van der Waals surface area contributed by atoms with Gasteiger partial charge in [-0.15, -0.1) is 0 Å². The van der Waals surface area contributed by atoms with Crippen molar-refractivity contribution in [3.63, 3.8) is 0 Å². The van der Waals surface area contributed by atoms with E-state index in [1.165, 1.54) is 0 Å². The van der Waals surface area contributed by atoms with E-state index >= 15 is 0 Å². The van der Waals surface area contributed by atoms with Crippen LogP contribution in [0.25, 0.3) is 10.9 Å². The Hall–Kier alpha value is -3.28. The Balaban J connectivity index is 2.20. The van der Waals surface area contributed by atoms with Crippen molar-refractivity contribution >= 4 is 16.9 Å². The Morgan fingerprint density at radius 2 is 1.81 bits per heavy atom. The van der Waals surface area contributed by atoms with Crippen molar-refractivity contribution in [1.29, 1.82) is 0 Å². The number of hydrogen-bond donors (Lipinski definition) is 1. The van der Waals surface area contributed by atoms with Crippen molar-refractivity contribution in [3.05, 3.63) is 69.5 Å². The third kappa shape index (κ3) is 3.51. The molecule has 0 amide bonds. The predicted molar refractivity (Wildman–Crippen MR) is 103 cm³/mol. The number of carbonyl (C=O) groups is 1. The highest BCUT2D eigenvalue weighted by atomic mass is 16.5. The normalized spacial score (nSPS) is 10.8. The first kappa shape index (κ1) is 18.5. The number of fused-ring (bicyclic) bond motifs is 1. The Labute approximate surface area is 156 Å². The van der Waals surface area contributed by atoms with Crippen LogP contribution in [0.3, 0.4) is 0 Å². The first-order valence-electron chi connectivity index (χ1n) is 8.49. The fourth-order valence-corrected chi connectivity index (χ4v) is 3.40. The molecule has 2 aromatic carbocycles. The molecule has 0 bridgehead atoms. The highest BCUT2D eigenvalue weighted by Gasteiger charge is 2.16. The number of para-hydroxylation sites is 2. The van der Waals surface area contributed by atoms with E-state index < -0.39 is 5.97 Å². The fourth-order valence-electron chi connectivity index (χ4n) is 3.40. The van der Waals surface area contributed by atoms with Crippen LogP contribution in [0, 0.1) is 6.92 Å². The lowest BCUT2D eigenvalue weighted by molar-refractivity contribution is -0.137. The predicted octanol–water partition coefficient (Wildman–Crippen LogP) is 3.00. The molecule has 0 atom stereocenters. The van der Waals surface area contributed by atoms with E-state index in [1.807, 2.05) is 25.1 Å². The lowest BCUT2D eigenvalue weighted by Crippen LogP contribution is -2.19. The number of aliphatic carboxylic acids is 1. The fraction of sp³-hybridized carbons (Fsp3) is 0.238. The van der Waals surface area contributed by atoms with Crippen LogP contribution in [0.2, 0.25) is 0 Å². The van der Waals surface area contributed by atoms with Crippen LogP contribution < -0.4 is 14.9 Å². The zero-order valence-corrected chi connectivity index (χ0v) is 15.5. The topological polar surface area (TPSA) is 77.8 Å². The lowest BCUT2D eigenvalue weighted by atomic mass is 10.0. The summed E-state index contributed by atoms with van der Waals surface area (Å²) in [6.07, 6.45) is 1.94. The Kier molecular flexibility index (Phi) is 5.16. The van der Waals surface area contributed by atoms with E-state index in [2.05, 4.69) is 0 Å². The summed E-state index contributed by atoms with van der Waals surface area (Å²) in [5, 5.41) is 9.79. The van der Waals surface area contributed by atoms with Crippen LogP contribution in [-0.4, -0.2) is 29.9 Å². The SMILES string of the molecule is COc1cccc(Cc2cn(CC(=O)O)c3c(C)cccc3c2=O)c1OC. The van der Waals surface area contributed by atoms with Gasteiger partial charge in [0.15, 0.2) is 16.9 Å². The first-order chi connectivity index (χ1) is 13.0. The lowest BCUT2D eigenvalue weighted by Gasteiger charge is -2.15. The van der Waals surface area contributed by atoms with E-state index in [-0.39, 0.29) is 12.0 Å². The average Bonchev–Trinajstić information content (AvgIpc) is 2.64. The second-order valence-corrected chi connectivity index (χ2v) is 6.31. The second-order valence-electron chi connectivity index (χ2n) is 6.31. The van der Waals surface area contributed by atoms with E-state index in [9.17, 15) is 14.7 Å². The minimum Gasteiger partial charge on any atom is -0.493 e. The minimum absolute atomic E-state index is 0.111. The van der Waals surface area contributed by atoms with Gasteiger partial charge in [-0.3, -0.25) is 9.59 Å². The number of nitrogens with zero attached hydrogens (tertiary/aromatic N) is 1. The molecule has 1 aromatic heterocycles. The van der Waals surface area contributed by atoms with Gasteiger partial charge in [-0.1, -0.05) is 24.3 Å². The molecular weight excluding hydrogens is 346 g/mol. The maximum Gasteiger partial charge on any atom is 0.323 e. The zero-order valence-electron chi connectivity index (χ0n) is 15.5. The van der Waals surface area contributed by atoms with E-state index in [4.69, 9.17) is 9.47 Å². The number of ether oxygens (including phenoxy) is 2. The Morgan fingerprint density at radius 3 is 2.48 bits per heavy atom. The molecule has 0 saturated heterocycles. The minimum atomic E-state index is -0.965. The molecule has 0 aliphatic carbocycles. The van der Waals surface area contributed by atoms with Crippen molar-refractivity contribution in [3.8, 4) is 11.5 Å². The largest absolute Gasteiger partial charge is 0.493 e. The molecule has 6 heteroatoms. The van der Waals surface area contributed by atoms with E-state index in [0.29, 0.717) is 34.4 Å². The Morgan fingerprint density at radius 1 is 1.07 bits per heavy atom. The number of benzene rings is 2. The molecule has 0 aliphatic rings. The number of pyridine rings is 1. The molecular formula is C21H21NO5. The highest BCUT2D eigenvalue weighted by Crippen LogP contribution is 2.32. The highest BCUT2D eigenvalue weighted by molar-refractivity contribution is 5.84. The van der Waals surface area contributed by atoms with Crippen molar-refractivity contribution in [2.45, 2.75) is 19.9 Å². The van der Waals surface area contributed by atoms with Crippen LogP contribution in [0.5, 0.6) is 11.5 Å². The second kappa shape index (κ2) is 7.53. The maximum atomic E-state index is 13.0. The summed E-state index contributed by atoms with van der Waals surface area (Å²) in [7, 11) is 3.11. The molecule has 3 aromatic rings. The van der Waals surface area contributed by atoms with Crippen LogP contribution >= 0.6 is 0 Å². The van der Waals surface area contributed by atoms with E-state index in [1.54, 1.807) is 43.2 Å². The average molecular weight is 367 g/mol. The van der Waals surface area contributed by atoms with Gasteiger partial charge in [0.05, 0.1) is 19.7 Å². The van der Waals surface area contributed by atoms with Crippen LogP contribution in [-0.2, 0) is 17.8 Å². The Bertz CT molecular complexity index is 1070. The molecule has 1 N–H and O–H groups in total. The molecule has 0 saturated carbocycles. The molecule has 0 aliphatic heterocycles. The van der Waals surface area contributed by atoms with Crippen LogP contribution in [0.1, 0.15) is 16.7 Å². The third-order valence-electron chi connectivity index (χ3n) is 4.54. The molecule has 3 rings (SSSR count). The zero-order chi connectivity index (χ0) is 19.6. The van der Waals surface area contributed by atoms with Crippen LogP contribution in [0.4, 0.5) is 0 Å². The molecule has 6 nitrogen and oxygen atoms in total. The van der Waals surface area contributed by atoms with Gasteiger partial charge in [0.1, 0.15) is 6.54 Å². The summed E-state index contributed by atoms with van der Waals surface area (Å²) in [5.74, 6) is 0.180. The summed E-state index contributed by atoms with van der Waals surface area (Å²) in [6, 6.07) is 10.9. The molecule has 0 unspecified atom stereocenters. The number of carboxylic acid groups (broad SMARTS) is 1. The summed E-state index contributed by atoms with van der Waals surface area (Å²) < 4.78 is 12.4. The maximum absolute atomic E-state index is 13.0. The summed E-state index contributed by atoms with van der Waals surface area (Å²) in [5.41, 5.74) is 2.69. The van der Waals surface area contributed by atoms with Crippen LogP contribution in [0.15, 0.2) is 47.4 Å². The standard InChI is InChI=1S/C21H21NO5/c1-13-6-4-8-16-19(13)22(12-18(23)24)11-15(20(16)25)10-14-7-5-9-17(26-2)21(14)27-3/h4-9,11H,10,12H2,1-3H3,(H,23,24). The molecule has 27 heavy (non-hydrogen) atoms. The first-order valence-corrected chi connectivity index (χ1v) is 8.49. The number of hydrogen-bond acceptors (Lipinski definition) is 4. The summed E-state index contributed by atoms with van der Waals surface area (Å²) in [4.78, 5) is 24.4. The number of aromatic nitrogens is 1. The molecule has 0 fully saturated rings. The molecule has 1 heterocycles. The number of aryl methyl sites for hydroxylation is 1. The third-order valence-corrected chi connectivity index (χ3v) is 4.54. The van der Waals surface area contributed by atoms with Gasteiger partial charge in [0.2, 0.25) is 0 Å². The molecule has 0 radical (unpaired) electrons. The number of rotatable bonds is 6. The quantitative estimate of drug-likeness (QED) is 0.725. The van der Waals surface area contributed by atoms with E-state index in [0.717, 1.165) is 11.1 Å². The monoisotopic (exact) mass is 367 g/mol. The number of carboxylic acids is 1. The van der Waals surface area contributed by atoms with Gasteiger partial charge in [0, 0.05) is 29.1 Å². The summed E-state index contributed by atoms with van der Waals surface area (Å²) >= 11 is 0. The van der Waals surface area contributed by atoms with Gasteiger partial charge >= 0.3 is 5.97 Å². The van der Waals surface area contributed by atoms with Crippen molar-refractivity contribution in [2.24, 2.45) is 0 Å². The smallest absolute Gasteiger partial charge is 0.323 e.